The van der Waals surface area contributed by atoms with E-state index >= 15 is 0 Å². The number of benzene rings is 1. The van der Waals surface area contributed by atoms with Crippen LogP contribution in [0.1, 0.15) is 31.2 Å². The van der Waals surface area contributed by atoms with Gasteiger partial charge in [-0.15, -0.1) is 0 Å². The van der Waals surface area contributed by atoms with E-state index in [-0.39, 0.29) is 23.3 Å². The van der Waals surface area contributed by atoms with E-state index in [1.165, 1.54) is 0 Å². The lowest BCUT2D eigenvalue weighted by Crippen LogP contribution is -2.39. The maximum Gasteiger partial charge on any atom is 0.251 e. The molecule has 0 radical (unpaired) electrons. The maximum atomic E-state index is 12.6. The number of aryl methyl sites for hydroxylation is 1. The summed E-state index contributed by atoms with van der Waals surface area (Å²) in [5, 5.41) is 0. The van der Waals surface area contributed by atoms with Crippen molar-refractivity contribution in [3.63, 3.8) is 0 Å². The van der Waals surface area contributed by atoms with Crippen LogP contribution in [0.2, 0.25) is 0 Å². The molecule has 5 heteroatoms. The molecule has 3 heterocycles. The van der Waals surface area contributed by atoms with Crippen molar-refractivity contribution in [2.75, 3.05) is 31.1 Å². The molecule has 3 aliphatic rings. The Hall–Kier alpha value is -1.88. The summed E-state index contributed by atoms with van der Waals surface area (Å²) in [4.78, 5) is 29.0. The van der Waals surface area contributed by atoms with Crippen LogP contribution >= 0.6 is 0 Å². The van der Waals surface area contributed by atoms with Gasteiger partial charge < -0.3 is 14.5 Å². The molecule has 2 atom stereocenters. The molecule has 128 valence electrons. The van der Waals surface area contributed by atoms with Crippen LogP contribution in [0.3, 0.4) is 0 Å². The molecule has 2 amide bonds. The number of carbonyl (C=O) groups excluding carboxylic acids is 2. The molecule has 4 rings (SSSR count). The van der Waals surface area contributed by atoms with E-state index < -0.39 is 0 Å². The fourth-order valence-electron chi connectivity index (χ4n) is 4.35. The summed E-state index contributed by atoms with van der Waals surface area (Å²) in [5.74, 6) is 0.293. The monoisotopic (exact) mass is 328 g/mol. The van der Waals surface area contributed by atoms with Gasteiger partial charge in [-0.05, 0) is 37.8 Å². The number of likely N-dealkylation sites (tertiary alicyclic amines) is 1. The first kappa shape index (κ1) is 15.6. The van der Waals surface area contributed by atoms with Crippen LogP contribution in [-0.2, 0) is 14.3 Å². The van der Waals surface area contributed by atoms with Crippen LogP contribution in [0.5, 0.6) is 0 Å². The number of rotatable bonds is 2. The van der Waals surface area contributed by atoms with Gasteiger partial charge in [0.25, 0.3) is 5.91 Å². The second-order valence-electron chi connectivity index (χ2n) is 7.45. The topological polar surface area (TPSA) is 49.9 Å². The summed E-state index contributed by atoms with van der Waals surface area (Å²) in [6, 6.07) is 8.02. The Morgan fingerprint density at radius 3 is 2.88 bits per heavy atom. The molecule has 0 N–H and O–H groups in total. The molecule has 5 nitrogen and oxygen atoms in total. The van der Waals surface area contributed by atoms with E-state index in [1.54, 1.807) is 0 Å². The third-order valence-electron chi connectivity index (χ3n) is 5.68. The summed E-state index contributed by atoms with van der Waals surface area (Å²) in [7, 11) is 0. The van der Waals surface area contributed by atoms with Gasteiger partial charge in [-0.3, -0.25) is 9.59 Å². The normalized spacial score (nSPS) is 29.9. The number of hydrogen-bond donors (Lipinski definition) is 0. The van der Waals surface area contributed by atoms with Gasteiger partial charge in [0, 0.05) is 43.8 Å². The minimum Gasteiger partial charge on any atom is -0.368 e. The average molecular weight is 328 g/mol. The van der Waals surface area contributed by atoms with Gasteiger partial charge in [0.2, 0.25) is 5.91 Å². The van der Waals surface area contributed by atoms with Crippen molar-refractivity contribution in [3.8, 4) is 0 Å². The predicted octanol–water partition coefficient (Wildman–Crippen LogP) is 2.13. The minimum atomic E-state index is -0.260. The molecule has 0 aromatic heterocycles. The average Bonchev–Trinajstić information content (AvgIpc) is 3.29. The fraction of sp³-hybridized carbons (Fsp3) is 0.579. The molecule has 0 bridgehead atoms. The van der Waals surface area contributed by atoms with E-state index in [0.717, 1.165) is 37.1 Å². The van der Waals surface area contributed by atoms with Gasteiger partial charge in [0.15, 0.2) is 0 Å². The molecule has 1 aromatic carbocycles. The van der Waals surface area contributed by atoms with Crippen LogP contribution in [0.25, 0.3) is 0 Å². The van der Waals surface area contributed by atoms with E-state index in [0.29, 0.717) is 26.1 Å². The highest BCUT2D eigenvalue weighted by molar-refractivity contribution is 5.97. The van der Waals surface area contributed by atoms with Crippen molar-refractivity contribution in [1.29, 1.82) is 0 Å². The number of ether oxygens (including phenoxy) is 1. The van der Waals surface area contributed by atoms with E-state index in [1.807, 2.05) is 41.0 Å². The molecule has 1 spiro atoms. The quantitative estimate of drug-likeness (QED) is 0.836. The van der Waals surface area contributed by atoms with Gasteiger partial charge in [-0.2, -0.15) is 0 Å². The highest BCUT2D eigenvalue weighted by atomic mass is 16.5. The molecule has 3 fully saturated rings. The van der Waals surface area contributed by atoms with Gasteiger partial charge in [0.1, 0.15) is 6.10 Å². The Morgan fingerprint density at radius 2 is 2.12 bits per heavy atom. The first-order valence-corrected chi connectivity index (χ1v) is 8.84. The number of hydrogen-bond acceptors (Lipinski definition) is 3. The van der Waals surface area contributed by atoms with Crippen molar-refractivity contribution in [2.24, 2.45) is 5.41 Å². The number of carbonyl (C=O) groups is 2. The Morgan fingerprint density at radius 1 is 1.29 bits per heavy atom. The molecule has 1 aromatic rings. The van der Waals surface area contributed by atoms with Crippen LogP contribution in [0.15, 0.2) is 24.3 Å². The summed E-state index contributed by atoms with van der Waals surface area (Å²) in [6.45, 7) is 4.86. The third kappa shape index (κ3) is 2.61. The van der Waals surface area contributed by atoms with Crippen molar-refractivity contribution in [2.45, 2.75) is 38.7 Å². The van der Waals surface area contributed by atoms with Crippen molar-refractivity contribution >= 4 is 17.5 Å². The first-order valence-electron chi connectivity index (χ1n) is 8.84. The van der Waals surface area contributed by atoms with Crippen LogP contribution < -0.4 is 4.90 Å². The predicted molar refractivity (Wildman–Crippen MR) is 90.8 cm³/mol. The van der Waals surface area contributed by atoms with Crippen molar-refractivity contribution < 1.29 is 14.3 Å². The number of para-hydroxylation sites is 1. The summed E-state index contributed by atoms with van der Waals surface area (Å²) < 4.78 is 5.54. The van der Waals surface area contributed by atoms with Gasteiger partial charge >= 0.3 is 0 Å². The standard InChI is InChI=1S/C19H24N2O3/c1-14-5-2-3-6-15(14)21-13-19(11-17(21)22)8-9-20(12-19)18(23)16-7-4-10-24-16/h2-3,5-6,16H,4,7-13H2,1H3/t16-,19-/m1/s1. The molecule has 0 aliphatic carbocycles. The van der Waals surface area contributed by atoms with Crippen LogP contribution in [0.4, 0.5) is 5.69 Å². The molecular weight excluding hydrogens is 304 g/mol. The van der Waals surface area contributed by atoms with Gasteiger partial charge in [-0.1, -0.05) is 18.2 Å². The van der Waals surface area contributed by atoms with Crippen molar-refractivity contribution in [1.82, 2.24) is 4.90 Å². The lowest BCUT2D eigenvalue weighted by Gasteiger charge is -2.26. The van der Waals surface area contributed by atoms with E-state index in [2.05, 4.69) is 0 Å². The number of amides is 2. The highest BCUT2D eigenvalue weighted by Gasteiger charge is 2.49. The lowest BCUT2D eigenvalue weighted by molar-refractivity contribution is -0.140. The summed E-state index contributed by atoms with van der Waals surface area (Å²) in [6.07, 6.45) is 2.98. The van der Waals surface area contributed by atoms with Crippen LogP contribution in [0, 0.1) is 12.3 Å². The zero-order valence-corrected chi connectivity index (χ0v) is 14.2. The molecule has 0 saturated carbocycles. The Balaban J connectivity index is 1.48. The second kappa shape index (κ2) is 5.88. The SMILES string of the molecule is Cc1ccccc1N1C[C@]2(CCN(C(=O)[C@H]3CCCO3)C2)CC1=O. The number of anilines is 1. The fourth-order valence-corrected chi connectivity index (χ4v) is 4.35. The zero-order valence-electron chi connectivity index (χ0n) is 14.2. The Bertz CT molecular complexity index is 668. The summed E-state index contributed by atoms with van der Waals surface area (Å²) >= 11 is 0. The van der Waals surface area contributed by atoms with E-state index in [4.69, 9.17) is 4.74 Å². The molecule has 24 heavy (non-hydrogen) atoms. The molecule has 0 unspecified atom stereocenters. The lowest BCUT2D eigenvalue weighted by atomic mass is 9.86. The van der Waals surface area contributed by atoms with Crippen molar-refractivity contribution in [3.05, 3.63) is 29.8 Å². The largest absolute Gasteiger partial charge is 0.368 e. The highest BCUT2D eigenvalue weighted by Crippen LogP contribution is 2.42. The minimum absolute atomic E-state index is 0.0897. The van der Waals surface area contributed by atoms with Gasteiger partial charge in [-0.25, -0.2) is 0 Å². The smallest absolute Gasteiger partial charge is 0.251 e. The maximum absolute atomic E-state index is 12.6. The summed E-state index contributed by atoms with van der Waals surface area (Å²) in [5.41, 5.74) is 2.03. The molecule has 3 aliphatic heterocycles. The third-order valence-corrected chi connectivity index (χ3v) is 5.68. The Kier molecular flexibility index (Phi) is 3.83. The van der Waals surface area contributed by atoms with Crippen LogP contribution in [-0.4, -0.2) is 49.1 Å². The van der Waals surface area contributed by atoms with E-state index in [9.17, 15) is 9.59 Å². The second-order valence-corrected chi connectivity index (χ2v) is 7.45. The Labute approximate surface area is 142 Å². The molecular formula is C19H24N2O3. The first-order chi connectivity index (χ1) is 11.6. The van der Waals surface area contributed by atoms with Gasteiger partial charge in [0.05, 0.1) is 0 Å². The zero-order chi connectivity index (χ0) is 16.7. The molecule has 3 saturated heterocycles. The number of nitrogens with zero attached hydrogens (tertiary/aromatic N) is 2.